The Bertz CT molecular complexity index is 502. The highest BCUT2D eigenvalue weighted by atomic mass is 16.2. The summed E-state index contributed by atoms with van der Waals surface area (Å²) >= 11 is 0. The summed E-state index contributed by atoms with van der Waals surface area (Å²) < 4.78 is 0. The summed E-state index contributed by atoms with van der Waals surface area (Å²) in [5, 5.41) is 6.03. The van der Waals surface area contributed by atoms with Gasteiger partial charge >= 0.3 is 0 Å². The van der Waals surface area contributed by atoms with Crippen molar-refractivity contribution in [3.05, 3.63) is 29.8 Å². The molecule has 1 fully saturated rings. The standard InChI is InChI=1S/C15H21N3O2/c1-15(2,14(16)20)10-5-7-11(8-6-10)18-13(19)12-4-3-9-17-12/h5-8,12,17H,3-4,9H2,1-2H3,(H2,16,20)(H,18,19). The van der Waals surface area contributed by atoms with Crippen molar-refractivity contribution < 1.29 is 9.59 Å². The number of rotatable bonds is 4. The Morgan fingerprint density at radius 1 is 1.30 bits per heavy atom. The zero-order valence-corrected chi connectivity index (χ0v) is 11.9. The number of carbonyl (C=O) groups is 2. The molecule has 2 amide bonds. The van der Waals surface area contributed by atoms with E-state index in [2.05, 4.69) is 10.6 Å². The van der Waals surface area contributed by atoms with Gasteiger partial charge in [-0.15, -0.1) is 0 Å². The molecule has 0 radical (unpaired) electrons. The molecule has 4 N–H and O–H groups in total. The minimum atomic E-state index is -0.713. The summed E-state index contributed by atoms with van der Waals surface area (Å²) in [6.45, 7) is 4.46. The predicted molar refractivity (Wildman–Crippen MR) is 78.3 cm³/mol. The highest BCUT2D eigenvalue weighted by Gasteiger charge is 2.27. The molecule has 0 aromatic heterocycles. The second kappa shape index (κ2) is 5.63. The van der Waals surface area contributed by atoms with Crippen molar-refractivity contribution in [2.75, 3.05) is 11.9 Å². The lowest BCUT2D eigenvalue weighted by atomic mass is 9.84. The van der Waals surface area contributed by atoms with Crippen LogP contribution in [0.15, 0.2) is 24.3 Å². The van der Waals surface area contributed by atoms with Gasteiger partial charge in [0.2, 0.25) is 11.8 Å². The number of hydrogen-bond donors (Lipinski definition) is 3. The maximum Gasteiger partial charge on any atom is 0.241 e. The molecule has 5 heteroatoms. The summed E-state index contributed by atoms with van der Waals surface area (Å²) in [6, 6.07) is 7.14. The van der Waals surface area contributed by atoms with Crippen LogP contribution in [0.1, 0.15) is 32.3 Å². The van der Waals surface area contributed by atoms with Crippen LogP contribution in [-0.4, -0.2) is 24.4 Å². The molecule has 108 valence electrons. The van der Waals surface area contributed by atoms with Crippen LogP contribution in [0.4, 0.5) is 5.69 Å². The fourth-order valence-electron chi connectivity index (χ4n) is 2.25. The monoisotopic (exact) mass is 275 g/mol. The van der Waals surface area contributed by atoms with Crippen molar-refractivity contribution in [1.82, 2.24) is 5.32 Å². The van der Waals surface area contributed by atoms with E-state index in [4.69, 9.17) is 5.73 Å². The Hall–Kier alpha value is -1.88. The highest BCUT2D eigenvalue weighted by Crippen LogP contribution is 2.24. The molecule has 0 saturated carbocycles. The molecule has 1 aromatic carbocycles. The average molecular weight is 275 g/mol. The van der Waals surface area contributed by atoms with E-state index in [-0.39, 0.29) is 17.9 Å². The number of hydrogen-bond acceptors (Lipinski definition) is 3. The van der Waals surface area contributed by atoms with Gasteiger partial charge in [-0.3, -0.25) is 9.59 Å². The number of amides is 2. The zero-order valence-electron chi connectivity index (χ0n) is 11.9. The van der Waals surface area contributed by atoms with Crippen molar-refractivity contribution in [3.63, 3.8) is 0 Å². The van der Waals surface area contributed by atoms with E-state index in [1.165, 1.54) is 0 Å². The van der Waals surface area contributed by atoms with Gasteiger partial charge < -0.3 is 16.4 Å². The molecule has 1 aliphatic rings. The summed E-state index contributed by atoms with van der Waals surface area (Å²) in [4.78, 5) is 23.4. The lowest BCUT2D eigenvalue weighted by molar-refractivity contribution is -0.122. The number of primary amides is 1. The van der Waals surface area contributed by atoms with Crippen molar-refractivity contribution in [2.24, 2.45) is 5.73 Å². The SMILES string of the molecule is CC(C)(C(N)=O)c1ccc(NC(=O)C2CCCN2)cc1. The van der Waals surface area contributed by atoms with Crippen molar-refractivity contribution in [2.45, 2.75) is 38.1 Å². The Kier molecular flexibility index (Phi) is 4.09. The van der Waals surface area contributed by atoms with Gasteiger partial charge in [-0.25, -0.2) is 0 Å². The quantitative estimate of drug-likeness (QED) is 0.770. The first-order valence-electron chi connectivity index (χ1n) is 6.86. The van der Waals surface area contributed by atoms with E-state index in [9.17, 15) is 9.59 Å². The first kappa shape index (κ1) is 14.5. The zero-order chi connectivity index (χ0) is 14.8. The maximum absolute atomic E-state index is 12.0. The Balaban J connectivity index is 2.05. The van der Waals surface area contributed by atoms with E-state index in [0.717, 1.165) is 30.6 Å². The normalized spacial score (nSPS) is 18.8. The molecule has 1 aromatic rings. The van der Waals surface area contributed by atoms with E-state index in [1.54, 1.807) is 26.0 Å². The molecule has 1 saturated heterocycles. The fourth-order valence-corrected chi connectivity index (χ4v) is 2.25. The average Bonchev–Trinajstić information content (AvgIpc) is 2.93. The van der Waals surface area contributed by atoms with E-state index >= 15 is 0 Å². The smallest absolute Gasteiger partial charge is 0.241 e. The van der Waals surface area contributed by atoms with Crippen LogP contribution in [0, 0.1) is 0 Å². The Labute approximate surface area is 118 Å². The van der Waals surface area contributed by atoms with Crippen LogP contribution in [0.25, 0.3) is 0 Å². The van der Waals surface area contributed by atoms with Crippen LogP contribution >= 0.6 is 0 Å². The number of carbonyl (C=O) groups excluding carboxylic acids is 2. The third-order valence-corrected chi connectivity index (χ3v) is 3.87. The van der Waals surface area contributed by atoms with Crippen LogP contribution in [-0.2, 0) is 15.0 Å². The lowest BCUT2D eigenvalue weighted by Gasteiger charge is -2.21. The summed E-state index contributed by atoms with van der Waals surface area (Å²) in [5.41, 5.74) is 6.24. The predicted octanol–water partition coefficient (Wildman–Crippen LogP) is 1.14. The van der Waals surface area contributed by atoms with Gasteiger partial charge in [0.25, 0.3) is 0 Å². The highest BCUT2D eigenvalue weighted by molar-refractivity contribution is 5.95. The molecule has 0 bridgehead atoms. The molecular formula is C15H21N3O2. The first-order chi connectivity index (χ1) is 9.41. The van der Waals surface area contributed by atoms with Gasteiger partial charge in [0.15, 0.2) is 0 Å². The van der Waals surface area contributed by atoms with E-state index in [1.807, 2.05) is 12.1 Å². The van der Waals surface area contributed by atoms with Gasteiger partial charge in [0.1, 0.15) is 0 Å². The van der Waals surface area contributed by atoms with Gasteiger partial charge in [-0.05, 0) is 50.9 Å². The van der Waals surface area contributed by atoms with Crippen LogP contribution in [0.3, 0.4) is 0 Å². The largest absolute Gasteiger partial charge is 0.369 e. The van der Waals surface area contributed by atoms with Gasteiger partial charge in [-0.1, -0.05) is 12.1 Å². The Morgan fingerprint density at radius 2 is 1.95 bits per heavy atom. The van der Waals surface area contributed by atoms with Gasteiger partial charge in [-0.2, -0.15) is 0 Å². The van der Waals surface area contributed by atoms with Crippen molar-refractivity contribution in [3.8, 4) is 0 Å². The second-order valence-electron chi connectivity index (χ2n) is 5.70. The Morgan fingerprint density at radius 3 is 2.45 bits per heavy atom. The third-order valence-electron chi connectivity index (χ3n) is 3.87. The van der Waals surface area contributed by atoms with Crippen LogP contribution < -0.4 is 16.4 Å². The summed E-state index contributed by atoms with van der Waals surface area (Å²) in [5.74, 6) is -0.381. The molecule has 5 nitrogen and oxygen atoms in total. The lowest BCUT2D eigenvalue weighted by Crippen LogP contribution is -2.36. The molecule has 0 aliphatic carbocycles. The molecule has 1 heterocycles. The molecular weight excluding hydrogens is 254 g/mol. The van der Waals surface area contributed by atoms with Crippen molar-refractivity contribution in [1.29, 1.82) is 0 Å². The number of nitrogens with one attached hydrogen (secondary N) is 2. The fraction of sp³-hybridized carbons (Fsp3) is 0.467. The minimum absolute atomic E-state index is 0.00980. The molecule has 1 aliphatic heterocycles. The maximum atomic E-state index is 12.0. The van der Waals surface area contributed by atoms with Crippen LogP contribution in [0.2, 0.25) is 0 Å². The van der Waals surface area contributed by atoms with Crippen LogP contribution in [0.5, 0.6) is 0 Å². The second-order valence-corrected chi connectivity index (χ2v) is 5.70. The van der Waals surface area contributed by atoms with E-state index in [0.29, 0.717) is 0 Å². The van der Waals surface area contributed by atoms with Gasteiger partial charge in [0, 0.05) is 5.69 Å². The number of anilines is 1. The molecule has 2 rings (SSSR count). The topological polar surface area (TPSA) is 84.2 Å². The third kappa shape index (κ3) is 2.99. The number of benzene rings is 1. The first-order valence-corrected chi connectivity index (χ1v) is 6.86. The minimum Gasteiger partial charge on any atom is -0.369 e. The molecule has 0 spiro atoms. The van der Waals surface area contributed by atoms with Gasteiger partial charge in [0.05, 0.1) is 11.5 Å². The van der Waals surface area contributed by atoms with Crippen molar-refractivity contribution >= 4 is 17.5 Å². The molecule has 1 atom stereocenters. The number of nitrogens with two attached hydrogens (primary N) is 1. The summed E-state index contributed by atoms with van der Waals surface area (Å²) in [7, 11) is 0. The molecule has 1 unspecified atom stereocenters. The van der Waals surface area contributed by atoms with E-state index < -0.39 is 5.41 Å². The summed E-state index contributed by atoms with van der Waals surface area (Å²) in [6.07, 6.45) is 1.91. The molecule has 20 heavy (non-hydrogen) atoms.